The third-order valence-corrected chi connectivity index (χ3v) is 4.68. The Bertz CT molecular complexity index is 809. The molecule has 0 aliphatic rings. The molecule has 2 rings (SSSR count). The van der Waals surface area contributed by atoms with E-state index >= 15 is 0 Å². The van der Waals surface area contributed by atoms with Crippen LogP contribution in [0.25, 0.3) is 0 Å². The van der Waals surface area contributed by atoms with Gasteiger partial charge in [0, 0.05) is 18.0 Å². The molecule has 3 N–H and O–H groups in total. The Kier molecular flexibility index (Phi) is 4.36. The van der Waals surface area contributed by atoms with E-state index < -0.39 is 15.9 Å². The van der Waals surface area contributed by atoms with Gasteiger partial charge in [-0.15, -0.1) is 0 Å². The predicted octanol–water partition coefficient (Wildman–Crippen LogP) is 2.29. The summed E-state index contributed by atoms with van der Waals surface area (Å²) in [6.45, 7) is 0. The first-order valence-electron chi connectivity index (χ1n) is 5.53. The maximum absolute atomic E-state index is 12.2. The summed E-state index contributed by atoms with van der Waals surface area (Å²) in [5.74, 6) is -0.702. The van der Waals surface area contributed by atoms with Gasteiger partial charge in [0.25, 0.3) is 10.0 Å². The molecule has 0 aliphatic heterocycles. The first-order chi connectivity index (χ1) is 9.81. The van der Waals surface area contributed by atoms with Crippen molar-refractivity contribution in [3.05, 3.63) is 52.3 Å². The van der Waals surface area contributed by atoms with Crippen LogP contribution >= 0.6 is 23.2 Å². The molecule has 0 atom stereocenters. The number of nitrogens with two attached hydrogens (primary N) is 1. The van der Waals surface area contributed by atoms with Crippen molar-refractivity contribution in [3.8, 4) is 0 Å². The fourth-order valence-electron chi connectivity index (χ4n) is 1.52. The van der Waals surface area contributed by atoms with E-state index in [-0.39, 0.29) is 26.2 Å². The Balaban J connectivity index is 2.44. The maximum atomic E-state index is 12.2. The highest BCUT2D eigenvalue weighted by molar-refractivity contribution is 7.92. The number of rotatable bonds is 4. The second-order valence-electron chi connectivity index (χ2n) is 3.97. The lowest BCUT2D eigenvalue weighted by atomic mass is 10.2. The molecule has 0 saturated carbocycles. The number of amides is 1. The van der Waals surface area contributed by atoms with Crippen LogP contribution in [0.1, 0.15) is 10.4 Å². The van der Waals surface area contributed by atoms with Crippen molar-refractivity contribution in [1.29, 1.82) is 0 Å². The zero-order chi connectivity index (χ0) is 15.6. The van der Waals surface area contributed by atoms with Gasteiger partial charge in [-0.1, -0.05) is 23.2 Å². The number of pyridine rings is 1. The minimum atomic E-state index is -3.99. The van der Waals surface area contributed by atoms with Crippen LogP contribution in [0.15, 0.2) is 41.6 Å². The lowest BCUT2D eigenvalue weighted by Crippen LogP contribution is -2.16. The number of carbonyl (C=O) groups excluding carboxylic acids is 1. The molecule has 1 aromatic carbocycles. The number of hydrogen-bond acceptors (Lipinski definition) is 4. The molecular formula is C12H9Cl2N3O3S. The monoisotopic (exact) mass is 345 g/mol. The normalized spacial score (nSPS) is 11.1. The predicted molar refractivity (Wildman–Crippen MR) is 80.0 cm³/mol. The highest BCUT2D eigenvalue weighted by Crippen LogP contribution is 2.27. The number of anilines is 1. The van der Waals surface area contributed by atoms with E-state index in [2.05, 4.69) is 9.71 Å². The van der Waals surface area contributed by atoms with Crippen LogP contribution in [-0.4, -0.2) is 19.3 Å². The first-order valence-corrected chi connectivity index (χ1v) is 7.77. The number of sulfonamides is 1. The zero-order valence-corrected chi connectivity index (χ0v) is 12.7. The Hall–Kier alpha value is -1.83. The molecular weight excluding hydrogens is 337 g/mol. The number of nitrogens with zero attached hydrogens (tertiary/aromatic N) is 1. The summed E-state index contributed by atoms with van der Waals surface area (Å²) in [5, 5.41) is 0.128. The third kappa shape index (κ3) is 3.44. The van der Waals surface area contributed by atoms with Crippen LogP contribution in [0.3, 0.4) is 0 Å². The summed E-state index contributed by atoms with van der Waals surface area (Å²) in [6.07, 6.45) is 2.47. The lowest BCUT2D eigenvalue weighted by molar-refractivity contribution is 0.100. The van der Waals surface area contributed by atoms with Crippen molar-refractivity contribution in [1.82, 2.24) is 4.98 Å². The lowest BCUT2D eigenvalue weighted by Gasteiger charge is -2.11. The van der Waals surface area contributed by atoms with Gasteiger partial charge in [-0.25, -0.2) is 8.42 Å². The second kappa shape index (κ2) is 5.88. The number of benzene rings is 1. The van der Waals surface area contributed by atoms with Gasteiger partial charge in [0.1, 0.15) is 4.90 Å². The van der Waals surface area contributed by atoms with E-state index in [0.717, 1.165) is 6.20 Å². The molecule has 0 aliphatic carbocycles. The molecule has 0 radical (unpaired) electrons. The van der Waals surface area contributed by atoms with Crippen molar-refractivity contribution in [2.45, 2.75) is 4.90 Å². The van der Waals surface area contributed by atoms with Crippen LogP contribution in [0.5, 0.6) is 0 Å². The molecule has 0 bridgehead atoms. The van der Waals surface area contributed by atoms with E-state index in [9.17, 15) is 13.2 Å². The molecule has 2 aromatic rings. The average molecular weight is 346 g/mol. The second-order valence-corrected chi connectivity index (χ2v) is 6.44. The van der Waals surface area contributed by atoms with Crippen LogP contribution in [0.2, 0.25) is 10.0 Å². The number of carbonyl (C=O) groups is 1. The third-order valence-electron chi connectivity index (χ3n) is 2.52. The number of halogens is 2. The Labute approximate surface area is 130 Å². The minimum Gasteiger partial charge on any atom is -0.366 e. The summed E-state index contributed by atoms with van der Waals surface area (Å²) in [4.78, 5) is 14.6. The summed E-state index contributed by atoms with van der Waals surface area (Å²) in [7, 11) is -3.99. The number of hydrogen-bond donors (Lipinski definition) is 2. The molecule has 1 heterocycles. The fourth-order valence-corrected chi connectivity index (χ4v) is 3.24. The topological polar surface area (TPSA) is 102 Å². The first kappa shape index (κ1) is 15.6. The minimum absolute atomic E-state index is 0.0136. The van der Waals surface area contributed by atoms with E-state index in [1.165, 1.54) is 30.5 Å². The highest BCUT2D eigenvalue weighted by Gasteiger charge is 2.20. The molecule has 1 amide bonds. The standard InChI is InChI=1S/C12H9Cl2N3O3S/c13-8-2-1-7(12(15)18)5-10(8)17-21(19,20)11-6-16-4-3-9(11)14/h1-6,17H,(H2,15,18). The smallest absolute Gasteiger partial charge is 0.264 e. The Morgan fingerprint density at radius 1 is 1.19 bits per heavy atom. The largest absolute Gasteiger partial charge is 0.366 e. The summed E-state index contributed by atoms with van der Waals surface area (Å²) < 4.78 is 26.7. The summed E-state index contributed by atoms with van der Waals surface area (Å²) in [5.41, 5.74) is 5.28. The van der Waals surface area contributed by atoms with Crippen LogP contribution in [0.4, 0.5) is 5.69 Å². The average Bonchev–Trinajstić information content (AvgIpc) is 2.41. The Morgan fingerprint density at radius 3 is 2.52 bits per heavy atom. The van der Waals surface area contributed by atoms with Gasteiger partial charge in [-0.3, -0.25) is 14.5 Å². The molecule has 110 valence electrons. The number of aromatic nitrogens is 1. The van der Waals surface area contributed by atoms with E-state index in [0.29, 0.717) is 0 Å². The summed E-state index contributed by atoms with van der Waals surface area (Å²) >= 11 is 11.7. The number of nitrogens with one attached hydrogen (secondary N) is 1. The molecule has 6 nitrogen and oxygen atoms in total. The van der Waals surface area contributed by atoms with Crippen molar-refractivity contribution in [3.63, 3.8) is 0 Å². The molecule has 0 saturated heterocycles. The molecule has 0 unspecified atom stereocenters. The highest BCUT2D eigenvalue weighted by atomic mass is 35.5. The van der Waals surface area contributed by atoms with Crippen molar-refractivity contribution >= 4 is 44.8 Å². The Morgan fingerprint density at radius 2 is 1.90 bits per heavy atom. The zero-order valence-electron chi connectivity index (χ0n) is 10.4. The van der Waals surface area contributed by atoms with Crippen molar-refractivity contribution < 1.29 is 13.2 Å². The van der Waals surface area contributed by atoms with Crippen LogP contribution in [0, 0.1) is 0 Å². The molecule has 0 spiro atoms. The molecule has 1 aromatic heterocycles. The number of primary amides is 1. The van der Waals surface area contributed by atoms with Gasteiger partial charge in [0.05, 0.1) is 15.7 Å². The van der Waals surface area contributed by atoms with Crippen molar-refractivity contribution in [2.24, 2.45) is 5.73 Å². The SMILES string of the molecule is NC(=O)c1ccc(Cl)c(NS(=O)(=O)c2cnccc2Cl)c1. The van der Waals surface area contributed by atoms with Crippen molar-refractivity contribution in [2.75, 3.05) is 4.72 Å². The van der Waals surface area contributed by atoms with Crippen LogP contribution in [-0.2, 0) is 10.0 Å². The van der Waals surface area contributed by atoms with E-state index in [1.54, 1.807) is 0 Å². The summed E-state index contributed by atoms with van der Waals surface area (Å²) in [6, 6.07) is 5.34. The van der Waals surface area contributed by atoms with Gasteiger partial charge < -0.3 is 5.73 Å². The van der Waals surface area contributed by atoms with E-state index in [1.807, 2.05) is 0 Å². The molecule has 0 fully saturated rings. The van der Waals surface area contributed by atoms with Gasteiger partial charge in [0.2, 0.25) is 5.91 Å². The van der Waals surface area contributed by atoms with Crippen LogP contribution < -0.4 is 10.5 Å². The van der Waals surface area contributed by atoms with Gasteiger partial charge >= 0.3 is 0 Å². The maximum Gasteiger partial charge on any atom is 0.264 e. The molecule has 9 heteroatoms. The fraction of sp³-hybridized carbons (Fsp3) is 0. The van der Waals surface area contributed by atoms with Gasteiger partial charge in [-0.05, 0) is 24.3 Å². The quantitative estimate of drug-likeness (QED) is 0.887. The molecule has 21 heavy (non-hydrogen) atoms. The van der Waals surface area contributed by atoms with Gasteiger partial charge in [-0.2, -0.15) is 0 Å². The van der Waals surface area contributed by atoms with E-state index in [4.69, 9.17) is 28.9 Å². The van der Waals surface area contributed by atoms with Gasteiger partial charge in [0.15, 0.2) is 0 Å².